The fraction of sp³-hybridized carbons (Fsp3) is 0.412. The third-order valence-corrected chi connectivity index (χ3v) is 5.39. The van der Waals surface area contributed by atoms with Crippen LogP contribution in [0.5, 0.6) is 5.75 Å². The number of ether oxygens (including phenoxy) is 1. The number of halogens is 1. The monoisotopic (exact) mass is 332 g/mol. The number of carbonyl (C=O) groups is 1. The molecule has 2 aliphatic rings. The summed E-state index contributed by atoms with van der Waals surface area (Å²) in [7, 11) is 0. The van der Waals surface area contributed by atoms with E-state index in [2.05, 4.69) is 4.98 Å². The third-order valence-electron chi connectivity index (χ3n) is 4.51. The molecular weight excluding hydrogens is 315 g/mol. The van der Waals surface area contributed by atoms with E-state index in [1.807, 2.05) is 16.3 Å². The van der Waals surface area contributed by atoms with Crippen molar-refractivity contribution in [3.8, 4) is 5.75 Å². The highest BCUT2D eigenvalue weighted by Crippen LogP contribution is 2.36. The Bertz CT molecular complexity index is 719. The number of hydrogen-bond acceptors (Lipinski definition) is 4. The van der Waals surface area contributed by atoms with E-state index in [0.717, 1.165) is 29.8 Å². The van der Waals surface area contributed by atoms with Gasteiger partial charge in [-0.3, -0.25) is 4.79 Å². The molecule has 0 N–H and O–H groups in total. The van der Waals surface area contributed by atoms with Gasteiger partial charge in [-0.2, -0.15) is 0 Å². The molecule has 1 aromatic heterocycles. The largest absolute Gasteiger partial charge is 0.477 e. The van der Waals surface area contributed by atoms with Crippen LogP contribution in [-0.4, -0.2) is 28.4 Å². The second-order valence-electron chi connectivity index (χ2n) is 5.95. The summed E-state index contributed by atoms with van der Waals surface area (Å²) in [5.41, 5.74) is 0.770. The molecule has 3 heterocycles. The molecule has 6 heteroatoms. The van der Waals surface area contributed by atoms with E-state index in [9.17, 15) is 9.18 Å². The number of para-hydroxylation sites is 1. The summed E-state index contributed by atoms with van der Waals surface area (Å²) in [4.78, 5) is 19.2. The molecule has 1 fully saturated rings. The smallest absolute Gasteiger partial charge is 0.264 e. The van der Waals surface area contributed by atoms with Crippen molar-refractivity contribution in [3.05, 3.63) is 46.2 Å². The lowest BCUT2D eigenvalue weighted by molar-refractivity contribution is -0.142. The van der Waals surface area contributed by atoms with Crippen molar-refractivity contribution < 1.29 is 13.9 Å². The molecule has 4 nitrogen and oxygen atoms in total. The Hall–Kier alpha value is -1.95. The Morgan fingerprint density at radius 2 is 2.30 bits per heavy atom. The second kappa shape index (κ2) is 5.92. The molecule has 120 valence electrons. The highest BCUT2D eigenvalue weighted by molar-refractivity contribution is 7.09. The highest BCUT2D eigenvalue weighted by atomic mass is 32.1. The fourth-order valence-corrected chi connectivity index (χ4v) is 4.19. The topological polar surface area (TPSA) is 42.4 Å². The maximum atomic E-state index is 13.8. The average Bonchev–Trinajstić information content (AvgIpc) is 3.24. The lowest BCUT2D eigenvalue weighted by Gasteiger charge is -2.35. The zero-order valence-corrected chi connectivity index (χ0v) is 13.4. The number of thiazole rings is 1. The molecule has 2 unspecified atom stereocenters. The zero-order chi connectivity index (χ0) is 15.8. The number of aromatic nitrogens is 1. The van der Waals surface area contributed by atoms with Gasteiger partial charge in [0, 0.05) is 30.1 Å². The molecule has 2 aliphatic heterocycles. The van der Waals surface area contributed by atoms with Gasteiger partial charge in [0.25, 0.3) is 5.91 Å². The first-order chi connectivity index (χ1) is 11.2. The maximum absolute atomic E-state index is 13.8. The molecule has 2 aromatic rings. The summed E-state index contributed by atoms with van der Waals surface area (Å²) in [5, 5.41) is 2.91. The molecular formula is C17H17FN2O2S. The number of likely N-dealkylation sites (tertiary alicyclic amines) is 1. The Labute approximate surface area is 137 Å². The van der Waals surface area contributed by atoms with E-state index in [1.165, 1.54) is 6.07 Å². The third kappa shape index (κ3) is 2.61. The van der Waals surface area contributed by atoms with Crippen LogP contribution in [0.25, 0.3) is 0 Å². The number of fused-ring (bicyclic) bond motifs is 1. The predicted octanol–water partition coefficient (Wildman–Crippen LogP) is 3.34. The number of carbonyl (C=O) groups excluding carboxylic acids is 1. The Morgan fingerprint density at radius 3 is 3.09 bits per heavy atom. The molecule has 1 aromatic carbocycles. The standard InChI is InChI=1S/C17H17FN2O2S/c18-12-5-3-4-11-10-14(22-15(11)12)17(21)20-8-2-1-6-13(20)16-19-7-9-23-16/h3-5,7,9,13-14H,1-2,6,8,10H2. The summed E-state index contributed by atoms with van der Waals surface area (Å²) < 4.78 is 19.4. The first kappa shape index (κ1) is 14.6. The SMILES string of the molecule is O=C(C1Cc2cccc(F)c2O1)N1CCCCC1c1nccs1. The number of benzene rings is 1. The summed E-state index contributed by atoms with van der Waals surface area (Å²) in [6.45, 7) is 0.710. The van der Waals surface area contributed by atoms with Gasteiger partial charge in [0.15, 0.2) is 17.7 Å². The molecule has 0 saturated carbocycles. The average molecular weight is 332 g/mol. The van der Waals surface area contributed by atoms with Crippen LogP contribution in [0.3, 0.4) is 0 Å². The molecule has 0 spiro atoms. The van der Waals surface area contributed by atoms with Crippen LogP contribution >= 0.6 is 11.3 Å². The summed E-state index contributed by atoms with van der Waals surface area (Å²) in [6, 6.07) is 4.86. The van der Waals surface area contributed by atoms with E-state index in [1.54, 1.807) is 23.6 Å². The van der Waals surface area contributed by atoms with Gasteiger partial charge >= 0.3 is 0 Å². The van der Waals surface area contributed by atoms with Crippen molar-refractivity contribution in [1.82, 2.24) is 9.88 Å². The van der Waals surface area contributed by atoms with Gasteiger partial charge in [-0.1, -0.05) is 12.1 Å². The maximum Gasteiger partial charge on any atom is 0.264 e. The Kier molecular flexibility index (Phi) is 3.77. The van der Waals surface area contributed by atoms with Crippen LogP contribution in [-0.2, 0) is 11.2 Å². The molecule has 1 saturated heterocycles. The van der Waals surface area contributed by atoms with Gasteiger partial charge in [0.2, 0.25) is 0 Å². The van der Waals surface area contributed by atoms with Crippen LogP contribution in [0.2, 0.25) is 0 Å². The molecule has 0 radical (unpaired) electrons. The molecule has 1 amide bonds. The number of rotatable bonds is 2. The Morgan fingerprint density at radius 1 is 1.39 bits per heavy atom. The lowest BCUT2D eigenvalue weighted by Crippen LogP contribution is -2.45. The molecule has 0 bridgehead atoms. The first-order valence-corrected chi connectivity index (χ1v) is 8.76. The van der Waals surface area contributed by atoms with Crippen molar-refractivity contribution in [1.29, 1.82) is 0 Å². The number of hydrogen-bond donors (Lipinski definition) is 0. The first-order valence-electron chi connectivity index (χ1n) is 7.88. The second-order valence-corrected chi connectivity index (χ2v) is 6.88. The fourth-order valence-electron chi connectivity index (χ4n) is 3.40. The lowest BCUT2D eigenvalue weighted by atomic mass is 10.0. The van der Waals surface area contributed by atoms with Crippen molar-refractivity contribution >= 4 is 17.2 Å². The van der Waals surface area contributed by atoms with Gasteiger partial charge in [0.05, 0.1) is 6.04 Å². The number of piperidine rings is 1. The Balaban J connectivity index is 1.56. The molecule has 23 heavy (non-hydrogen) atoms. The van der Waals surface area contributed by atoms with Crippen LogP contribution in [0.4, 0.5) is 4.39 Å². The minimum absolute atomic E-state index is 0.0217. The van der Waals surface area contributed by atoms with Gasteiger partial charge in [0.1, 0.15) is 5.01 Å². The predicted molar refractivity (Wildman–Crippen MR) is 84.9 cm³/mol. The van der Waals surface area contributed by atoms with Crippen LogP contribution in [0.1, 0.15) is 35.9 Å². The minimum atomic E-state index is -0.623. The van der Waals surface area contributed by atoms with E-state index in [4.69, 9.17) is 4.74 Å². The van der Waals surface area contributed by atoms with E-state index in [-0.39, 0.29) is 17.7 Å². The normalized spacial score (nSPS) is 23.4. The van der Waals surface area contributed by atoms with E-state index >= 15 is 0 Å². The van der Waals surface area contributed by atoms with Crippen molar-refractivity contribution in [2.75, 3.05) is 6.54 Å². The zero-order valence-electron chi connectivity index (χ0n) is 12.6. The molecule has 0 aliphatic carbocycles. The minimum Gasteiger partial charge on any atom is -0.477 e. The quantitative estimate of drug-likeness (QED) is 0.847. The van der Waals surface area contributed by atoms with Crippen molar-refractivity contribution in [2.45, 2.75) is 37.8 Å². The summed E-state index contributed by atoms with van der Waals surface area (Å²) in [6.07, 6.45) is 4.59. The van der Waals surface area contributed by atoms with Crippen molar-refractivity contribution in [2.24, 2.45) is 0 Å². The molecule has 2 atom stereocenters. The molecule has 4 rings (SSSR count). The number of nitrogens with zero attached hydrogens (tertiary/aromatic N) is 2. The highest BCUT2D eigenvalue weighted by Gasteiger charge is 2.38. The van der Waals surface area contributed by atoms with Gasteiger partial charge in [-0.15, -0.1) is 11.3 Å². The van der Waals surface area contributed by atoms with E-state index < -0.39 is 11.9 Å². The van der Waals surface area contributed by atoms with E-state index in [0.29, 0.717) is 13.0 Å². The van der Waals surface area contributed by atoms with Gasteiger partial charge in [-0.25, -0.2) is 9.37 Å². The van der Waals surface area contributed by atoms with Gasteiger partial charge < -0.3 is 9.64 Å². The summed E-state index contributed by atoms with van der Waals surface area (Å²) >= 11 is 1.58. The van der Waals surface area contributed by atoms with Crippen molar-refractivity contribution in [3.63, 3.8) is 0 Å². The van der Waals surface area contributed by atoms with Crippen LogP contribution in [0, 0.1) is 5.82 Å². The van der Waals surface area contributed by atoms with Crippen LogP contribution in [0.15, 0.2) is 29.8 Å². The summed E-state index contributed by atoms with van der Waals surface area (Å²) in [5.74, 6) is -0.220. The van der Waals surface area contributed by atoms with Gasteiger partial charge in [-0.05, 0) is 25.3 Å². The number of amides is 1. The van der Waals surface area contributed by atoms with Crippen LogP contribution < -0.4 is 4.74 Å².